The van der Waals surface area contributed by atoms with Crippen LogP contribution in [0.2, 0.25) is 0 Å². The minimum absolute atomic E-state index is 0.392. The zero-order valence-corrected chi connectivity index (χ0v) is 10.7. The van der Waals surface area contributed by atoms with Crippen LogP contribution in [0.25, 0.3) is 0 Å². The van der Waals surface area contributed by atoms with E-state index < -0.39 is 0 Å². The van der Waals surface area contributed by atoms with Gasteiger partial charge in [0.2, 0.25) is 0 Å². The van der Waals surface area contributed by atoms with Crippen molar-refractivity contribution in [3.63, 3.8) is 0 Å². The molecule has 0 aliphatic carbocycles. The van der Waals surface area contributed by atoms with Gasteiger partial charge in [0.1, 0.15) is 5.82 Å². The Kier molecular flexibility index (Phi) is 5.49. The lowest BCUT2D eigenvalue weighted by Crippen LogP contribution is -2.37. The SMILES string of the molecule is CCOCC(NCc1cnc(C)[nH]1)C(C)C. The summed E-state index contributed by atoms with van der Waals surface area (Å²) in [6, 6.07) is 0.392. The van der Waals surface area contributed by atoms with Gasteiger partial charge in [-0.05, 0) is 19.8 Å². The first-order chi connectivity index (χ1) is 7.63. The van der Waals surface area contributed by atoms with Gasteiger partial charge in [-0.1, -0.05) is 13.8 Å². The van der Waals surface area contributed by atoms with Gasteiger partial charge in [0.25, 0.3) is 0 Å². The molecule has 1 aromatic rings. The molecule has 0 aliphatic heterocycles. The fourth-order valence-electron chi connectivity index (χ4n) is 1.53. The van der Waals surface area contributed by atoms with Gasteiger partial charge >= 0.3 is 0 Å². The lowest BCUT2D eigenvalue weighted by Gasteiger charge is -2.21. The topological polar surface area (TPSA) is 49.9 Å². The summed E-state index contributed by atoms with van der Waals surface area (Å²) < 4.78 is 5.46. The third kappa shape index (κ3) is 4.33. The van der Waals surface area contributed by atoms with Gasteiger partial charge in [0, 0.05) is 31.1 Å². The van der Waals surface area contributed by atoms with E-state index in [4.69, 9.17) is 4.74 Å². The average molecular weight is 225 g/mol. The summed E-state index contributed by atoms with van der Waals surface area (Å²) in [6.45, 7) is 10.7. The second-order valence-electron chi connectivity index (χ2n) is 4.38. The molecule has 0 fully saturated rings. The smallest absolute Gasteiger partial charge is 0.103 e. The van der Waals surface area contributed by atoms with Crippen LogP contribution in [-0.4, -0.2) is 29.2 Å². The summed E-state index contributed by atoms with van der Waals surface area (Å²) in [6.07, 6.45) is 1.88. The van der Waals surface area contributed by atoms with Crippen molar-refractivity contribution >= 4 is 0 Å². The maximum atomic E-state index is 5.46. The van der Waals surface area contributed by atoms with Crippen LogP contribution in [0.1, 0.15) is 32.3 Å². The molecule has 0 radical (unpaired) electrons. The number of imidazole rings is 1. The number of H-pyrrole nitrogens is 1. The fourth-order valence-corrected chi connectivity index (χ4v) is 1.53. The molecule has 0 amide bonds. The molecule has 0 saturated carbocycles. The normalized spacial score (nSPS) is 13.3. The predicted molar refractivity (Wildman–Crippen MR) is 65.3 cm³/mol. The van der Waals surface area contributed by atoms with E-state index in [1.165, 1.54) is 0 Å². The molecule has 4 heteroatoms. The van der Waals surface area contributed by atoms with Gasteiger partial charge in [-0.15, -0.1) is 0 Å². The highest BCUT2D eigenvalue weighted by Gasteiger charge is 2.12. The van der Waals surface area contributed by atoms with Gasteiger partial charge in [0.05, 0.1) is 6.61 Å². The van der Waals surface area contributed by atoms with Crippen molar-refractivity contribution in [1.29, 1.82) is 0 Å². The van der Waals surface area contributed by atoms with E-state index in [9.17, 15) is 0 Å². The second-order valence-corrected chi connectivity index (χ2v) is 4.38. The summed E-state index contributed by atoms with van der Waals surface area (Å²) in [5, 5.41) is 3.49. The Hall–Kier alpha value is -0.870. The van der Waals surface area contributed by atoms with E-state index in [1.807, 2.05) is 20.0 Å². The highest BCUT2D eigenvalue weighted by molar-refractivity contribution is 4.99. The number of hydrogen-bond acceptors (Lipinski definition) is 3. The van der Waals surface area contributed by atoms with Crippen LogP contribution in [-0.2, 0) is 11.3 Å². The van der Waals surface area contributed by atoms with Gasteiger partial charge in [0.15, 0.2) is 0 Å². The summed E-state index contributed by atoms with van der Waals surface area (Å²) in [4.78, 5) is 7.39. The number of hydrogen-bond donors (Lipinski definition) is 2. The fraction of sp³-hybridized carbons (Fsp3) is 0.750. The van der Waals surface area contributed by atoms with Crippen LogP contribution in [0.4, 0.5) is 0 Å². The van der Waals surface area contributed by atoms with Gasteiger partial charge in [-0.3, -0.25) is 0 Å². The summed E-state index contributed by atoms with van der Waals surface area (Å²) in [7, 11) is 0. The van der Waals surface area contributed by atoms with Gasteiger partial charge in [-0.25, -0.2) is 4.98 Å². The molecule has 0 spiro atoms. The van der Waals surface area contributed by atoms with Crippen LogP contribution in [0.15, 0.2) is 6.20 Å². The number of ether oxygens (including phenoxy) is 1. The number of aromatic amines is 1. The largest absolute Gasteiger partial charge is 0.380 e. The molecule has 0 bridgehead atoms. The molecule has 0 saturated heterocycles. The van der Waals surface area contributed by atoms with E-state index in [0.717, 1.165) is 31.3 Å². The van der Waals surface area contributed by atoms with Crippen molar-refractivity contribution in [2.24, 2.45) is 5.92 Å². The highest BCUT2D eigenvalue weighted by Crippen LogP contribution is 2.04. The third-order valence-electron chi connectivity index (χ3n) is 2.62. The Morgan fingerprint density at radius 2 is 2.25 bits per heavy atom. The van der Waals surface area contributed by atoms with Crippen molar-refractivity contribution in [3.8, 4) is 0 Å². The second kappa shape index (κ2) is 6.66. The molecule has 16 heavy (non-hydrogen) atoms. The molecule has 92 valence electrons. The number of nitrogens with one attached hydrogen (secondary N) is 2. The summed E-state index contributed by atoms with van der Waals surface area (Å²) in [5.74, 6) is 1.53. The third-order valence-corrected chi connectivity index (χ3v) is 2.62. The van der Waals surface area contributed by atoms with Crippen LogP contribution >= 0.6 is 0 Å². The average Bonchev–Trinajstić information content (AvgIpc) is 2.64. The summed E-state index contributed by atoms with van der Waals surface area (Å²) >= 11 is 0. The van der Waals surface area contributed by atoms with Crippen molar-refractivity contribution in [2.45, 2.75) is 40.3 Å². The molecule has 1 atom stereocenters. The van der Waals surface area contributed by atoms with Crippen LogP contribution in [0.5, 0.6) is 0 Å². The minimum atomic E-state index is 0.392. The number of rotatable bonds is 7. The molecular weight excluding hydrogens is 202 g/mol. The lowest BCUT2D eigenvalue weighted by atomic mass is 10.1. The van der Waals surface area contributed by atoms with Crippen LogP contribution in [0, 0.1) is 12.8 Å². The zero-order chi connectivity index (χ0) is 12.0. The first kappa shape index (κ1) is 13.2. The van der Waals surface area contributed by atoms with Gasteiger partial charge in [-0.2, -0.15) is 0 Å². The maximum absolute atomic E-state index is 5.46. The highest BCUT2D eigenvalue weighted by atomic mass is 16.5. The van der Waals surface area contributed by atoms with E-state index in [-0.39, 0.29) is 0 Å². The Labute approximate surface area is 97.8 Å². The molecule has 0 aliphatic rings. The number of aryl methyl sites for hydroxylation is 1. The van der Waals surface area contributed by atoms with Crippen molar-refractivity contribution in [2.75, 3.05) is 13.2 Å². The predicted octanol–water partition coefficient (Wildman–Crippen LogP) is 1.87. The van der Waals surface area contributed by atoms with E-state index in [2.05, 4.69) is 29.1 Å². The van der Waals surface area contributed by atoms with Crippen molar-refractivity contribution in [1.82, 2.24) is 15.3 Å². The number of aromatic nitrogens is 2. The molecule has 0 aromatic carbocycles. The summed E-state index contributed by atoms with van der Waals surface area (Å²) in [5.41, 5.74) is 1.12. The standard InChI is InChI=1S/C12H23N3O/c1-5-16-8-12(9(2)3)14-7-11-6-13-10(4)15-11/h6,9,12,14H,5,7-8H2,1-4H3,(H,13,15). The zero-order valence-electron chi connectivity index (χ0n) is 10.7. The van der Waals surface area contributed by atoms with E-state index in [0.29, 0.717) is 12.0 Å². The first-order valence-corrected chi connectivity index (χ1v) is 5.95. The molecule has 1 unspecified atom stereocenters. The Morgan fingerprint density at radius 3 is 2.75 bits per heavy atom. The quantitative estimate of drug-likeness (QED) is 0.745. The minimum Gasteiger partial charge on any atom is -0.380 e. The first-order valence-electron chi connectivity index (χ1n) is 5.95. The monoisotopic (exact) mass is 225 g/mol. The molecule has 4 nitrogen and oxygen atoms in total. The molecule has 1 rings (SSSR count). The van der Waals surface area contributed by atoms with Crippen molar-refractivity contribution < 1.29 is 4.74 Å². The lowest BCUT2D eigenvalue weighted by molar-refractivity contribution is 0.107. The van der Waals surface area contributed by atoms with Crippen molar-refractivity contribution in [3.05, 3.63) is 17.7 Å². The molecule has 1 aromatic heterocycles. The van der Waals surface area contributed by atoms with Crippen LogP contribution in [0.3, 0.4) is 0 Å². The Balaban J connectivity index is 2.37. The Bertz CT molecular complexity index is 296. The maximum Gasteiger partial charge on any atom is 0.103 e. The van der Waals surface area contributed by atoms with E-state index >= 15 is 0 Å². The molecule has 2 N–H and O–H groups in total. The number of nitrogens with zero attached hydrogens (tertiary/aromatic N) is 1. The Morgan fingerprint density at radius 1 is 1.50 bits per heavy atom. The van der Waals surface area contributed by atoms with Crippen LogP contribution < -0.4 is 5.32 Å². The molecule has 1 heterocycles. The van der Waals surface area contributed by atoms with E-state index in [1.54, 1.807) is 0 Å². The molecular formula is C12H23N3O. The van der Waals surface area contributed by atoms with Gasteiger partial charge < -0.3 is 15.0 Å².